The lowest BCUT2D eigenvalue weighted by molar-refractivity contribution is 0.303. The van der Waals surface area contributed by atoms with E-state index in [1.807, 2.05) is 0 Å². The molecule has 0 unspecified atom stereocenters. The third-order valence-electron chi connectivity index (χ3n) is 3.65. The molecule has 7 N–H and O–H groups in total. The summed E-state index contributed by atoms with van der Waals surface area (Å²) in [4.78, 5) is 30.4. The Morgan fingerprint density at radius 1 is 1.19 bits per heavy atom. The highest BCUT2D eigenvalue weighted by Crippen LogP contribution is 2.39. The van der Waals surface area contributed by atoms with Crippen molar-refractivity contribution in [3.63, 3.8) is 0 Å². The second-order valence-corrected chi connectivity index (χ2v) is 7.49. The van der Waals surface area contributed by atoms with Crippen LogP contribution in [-0.2, 0) is 17.3 Å². The molecule has 11 nitrogen and oxygen atoms in total. The zero-order valence-electron chi connectivity index (χ0n) is 14.2. The maximum absolute atomic E-state index is 11.2. The predicted molar refractivity (Wildman–Crippen MR) is 97.2 cm³/mol. The van der Waals surface area contributed by atoms with Gasteiger partial charge < -0.3 is 31.1 Å². The van der Waals surface area contributed by atoms with Crippen LogP contribution in [0, 0.1) is 0 Å². The molecule has 0 atom stereocenters. The molecule has 0 amide bonds. The van der Waals surface area contributed by atoms with Crippen molar-refractivity contribution in [3.05, 3.63) is 35.4 Å². The van der Waals surface area contributed by atoms with Crippen LogP contribution >= 0.6 is 7.60 Å². The van der Waals surface area contributed by atoms with E-state index in [1.54, 1.807) is 24.3 Å². The summed E-state index contributed by atoms with van der Waals surface area (Å²) in [5, 5.41) is 10.2. The normalized spacial score (nSPS) is 11.8. The molecule has 0 saturated carbocycles. The number of fused-ring (bicyclic) bond motifs is 1. The second-order valence-electron chi connectivity index (χ2n) is 5.84. The van der Waals surface area contributed by atoms with Crippen LogP contribution in [0.25, 0.3) is 11.2 Å². The van der Waals surface area contributed by atoms with Crippen LogP contribution in [0.2, 0.25) is 0 Å². The molecule has 0 saturated heterocycles. The van der Waals surface area contributed by atoms with E-state index in [4.69, 9.17) is 26.0 Å². The SMILES string of the molecule is NCCOc1nc(N)c2nc(O)n(Cc3cccc(CP(=O)(O)O)c3)c2n1. The Balaban J connectivity index is 1.97. The first-order chi connectivity index (χ1) is 12.8. The summed E-state index contributed by atoms with van der Waals surface area (Å²) in [7, 11) is -4.18. The molecule has 0 radical (unpaired) electrons. The average molecular weight is 394 g/mol. The number of hydrogen-bond acceptors (Lipinski definition) is 8. The lowest BCUT2D eigenvalue weighted by atomic mass is 10.1. The van der Waals surface area contributed by atoms with Crippen molar-refractivity contribution in [3.8, 4) is 12.0 Å². The molecule has 2 aromatic heterocycles. The molecule has 12 heteroatoms. The van der Waals surface area contributed by atoms with Gasteiger partial charge in [-0.05, 0) is 11.1 Å². The number of aromatic hydroxyl groups is 1. The van der Waals surface area contributed by atoms with Crippen molar-refractivity contribution in [1.82, 2.24) is 19.5 Å². The average Bonchev–Trinajstić information content (AvgIpc) is 2.89. The molecular weight excluding hydrogens is 375 g/mol. The van der Waals surface area contributed by atoms with Gasteiger partial charge in [0.1, 0.15) is 6.61 Å². The second kappa shape index (κ2) is 7.49. The van der Waals surface area contributed by atoms with E-state index in [-0.39, 0.29) is 54.9 Å². The number of nitrogens with two attached hydrogens (primary N) is 2. The number of anilines is 1. The summed E-state index contributed by atoms with van der Waals surface area (Å²) in [6, 6.07) is 6.39. The number of rotatable bonds is 7. The Labute approximate surface area is 153 Å². The van der Waals surface area contributed by atoms with Gasteiger partial charge in [0.15, 0.2) is 17.0 Å². The number of hydrogen-bond donors (Lipinski definition) is 5. The smallest absolute Gasteiger partial charge is 0.329 e. The highest BCUT2D eigenvalue weighted by atomic mass is 31.2. The molecule has 0 bridgehead atoms. The molecule has 27 heavy (non-hydrogen) atoms. The number of nitrogens with zero attached hydrogens (tertiary/aromatic N) is 4. The molecule has 0 aliphatic carbocycles. The largest absolute Gasteiger partial charge is 0.480 e. The van der Waals surface area contributed by atoms with Crippen LogP contribution in [0.1, 0.15) is 11.1 Å². The zero-order chi connectivity index (χ0) is 19.6. The lowest BCUT2D eigenvalue weighted by Crippen LogP contribution is -2.13. The van der Waals surface area contributed by atoms with E-state index >= 15 is 0 Å². The molecule has 1 aromatic carbocycles. The molecule has 0 aliphatic rings. The monoisotopic (exact) mass is 394 g/mol. The Kier molecular flexibility index (Phi) is 5.29. The Morgan fingerprint density at radius 3 is 2.63 bits per heavy atom. The molecule has 0 spiro atoms. The van der Waals surface area contributed by atoms with Crippen LogP contribution in [0.15, 0.2) is 24.3 Å². The van der Waals surface area contributed by atoms with Crippen LogP contribution in [0.3, 0.4) is 0 Å². The Morgan fingerprint density at radius 2 is 1.93 bits per heavy atom. The topological polar surface area (TPSA) is 183 Å². The van der Waals surface area contributed by atoms with E-state index in [0.717, 1.165) is 0 Å². The molecule has 2 heterocycles. The fourth-order valence-corrected chi connectivity index (χ4v) is 3.27. The fraction of sp³-hybridized carbons (Fsp3) is 0.267. The van der Waals surface area contributed by atoms with Gasteiger partial charge in [-0.2, -0.15) is 15.0 Å². The predicted octanol–water partition coefficient (Wildman–Crippen LogP) is 0.178. The highest BCUT2D eigenvalue weighted by molar-refractivity contribution is 7.50. The minimum Gasteiger partial charge on any atom is -0.480 e. The van der Waals surface area contributed by atoms with E-state index in [0.29, 0.717) is 11.1 Å². The first-order valence-corrected chi connectivity index (χ1v) is 9.74. The Bertz CT molecular complexity index is 1020. The third kappa shape index (κ3) is 4.52. The van der Waals surface area contributed by atoms with Gasteiger partial charge in [0.25, 0.3) is 6.01 Å². The standard InChI is InChI=1S/C15H19N6O5P/c16-4-5-26-14-19-12(17)11-13(20-14)21(15(22)18-11)7-9-2-1-3-10(6-9)8-27(23,24)25/h1-3,6H,4-5,7-8,16H2,(H,18,22)(H2,17,19,20)(H2,23,24,25). The molecule has 3 rings (SSSR count). The van der Waals surface area contributed by atoms with Crippen molar-refractivity contribution in [2.45, 2.75) is 12.7 Å². The van der Waals surface area contributed by atoms with E-state index in [1.165, 1.54) is 4.57 Å². The van der Waals surface area contributed by atoms with Crippen molar-refractivity contribution >= 4 is 24.6 Å². The summed E-state index contributed by atoms with van der Waals surface area (Å²) < 4.78 is 17.9. The summed E-state index contributed by atoms with van der Waals surface area (Å²) in [6.45, 7) is 0.637. The minimum atomic E-state index is -4.18. The number of benzene rings is 1. The van der Waals surface area contributed by atoms with Crippen LogP contribution in [-0.4, -0.2) is 47.6 Å². The Hall–Kier alpha value is -2.72. The number of ether oxygens (including phenoxy) is 1. The molecule has 3 aromatic rings. The number of imidazole rings is 1. The quantitative estimate of drug-likeness (QED) is 0.346. The van der Waals surface area contributed by atoms with Crippen molar-refractivity contribution in [2.75, 3.05) is 18.9 Å². The van der Waals surface area contributed by atoms with E-state index in [9.17, 15) is 9.67 Å². The van der Waals surface area contributed by atoms with E-state index < -0.39 is 7.60 Å². The summed E-state index contributed by atoms with van der Waals surface area (Å²) >= 11 is 0. The molecule has 144 valence electrons. The molecular formula is C15H19N6O5P. The van der Waals surface area contributed by atoms with Gasteiger partial charge in [-0.1, -0.05) is 24.3 Å². The molecule has 0 fully saturated rings. The first kappa shape index (κ1) is 19.1. The molecule has 0 aliphatic heterocycles. The van der Waals surface area contributed by atoms with Gasteiger partial charge >= 0.3 is 13.6 Å². The lowest BCUT2D eigenvalue weighted by Gasteiger charge is -2.09. The van der Waals surface area contributed by atoms with Crippen molar-refractivity contribution in [1.29, 1.82) is 0 Å². The summed E-state index contributed by atoms with van der Waals surface area (Å²) in [6.07, 6.45) is -0.371. The van der Waals surface area contributed by atoms with Gasteiger partial charge in [0, 0.05) is 6.54 Å². The summed E-state index contributed by atoms with van der Waals surface area (Å²) in [5.74, 6) is 0.0521. The third-order valence-corrected chi connectivity index (χ3v) is 4.43. The maximum atomic E-state index is 11.2. The maximum Gasteiger partial charge on any atom is 0.329 e. The zero-order valence-corrected chi connectivity index (χ0v) is 15.1. The summed E-state index contributed by atoms with van der Waals surface area (Å²) in [5.41, 5.74) is 12.9. The van der Waals surface area contributed by atoms with Gasteiger partial charge in [-0.3, -0.25) is 9.13 Å². The first-order valence-electron chi connectivity index (χ1n) is 7.95. The van der Waals surface area contributed by atoms with Crippen molar-refractivity contribution < 1.29 is 24.2 Å². The van der Waals surface area contributed by atoms with E-state index in [2.05, 4.69) is 15.0 Å². The van der Waals surface area contributed by atoms with Crippen molar-refractivity contribution in [2.24, 2.45) is 5.73 Å². The van der Waals surface area contributed by atoms with Gasteiger partial charge in [-0.15, -0.1) is 0 Å². The highest BCUT2D eigenvalue weighted by Gasteiger charge is 2.18. The van der Waals surface area contributed by atoms with Gasteiger partial charge in [-0.25, -0.2) is 0 Å². The van der Waals surface area contributed by atoms with Crippen LogP contribution in [0.4, 0.5) is 5.82 Å². The van der Waals surface area contributed by atoms with Crippen LogP contribution < -0.4 is 16.2 Å². The van der Waals surface area contributed by atoms with Gasteiger partial charge in [0.05, 0.1) is 12.7 Å². The minimum absolute atomic E-state index is 0.0156. The number of aromatic nitrogens is 4. The van der Waals surface area contributed by atoms with Crippen LogP contribution in [0.5, 0.6) is 12.0 Å². The van der Waals surface area contributed by atoms with Gasteiger partial charge in [0.2, 0.25) is 0 Å². The fourth-order valence-electron chi connectivity index (χ4n) is 2.60. The number of nitrogen functional groups attached to an aromatic ring is 1.